The standard InChI is InChI=1S/C34H34N4O4.2ClH.Co/c1-7-21-17(3)25-13-26-19(5)23(9-11-33(39)40)31(37-26)16-32-24(10-12-34(41)42)20(6)28(38-32)15-30-22(8-2)18(4)27(36-30)14-29(21)35-25;;;/h7-8,13-16,35-36H,1-2,9-12H2,3-6H3,(H,39,40)(H,41,42);2*1H;/q;;;+2/p-2. The number of halogens is 2. The number of carboxylic acids is 2. The normalized spacial score (nSPS) is 12.2. The Kier molecular flexibility index (Phi) is 12.4. The van der Waals surface area contributed by atoms with Crippen LogP contribution in [-0.4, -0.2) is 42.1 Å². The van der Waals surface area contributed by atoms with Crippen LogP contribution in [0.3, 0.4) is 0 Å². The second-order valence-electron chi connectivity index (χ2n) is 10.7. The van der Waals surface area contributed by atoms with Crippen LogP contribution in [0.15, 0.2) is 37.4 Å². The van der Waals surface area contributed by atoms with Gasteiger partial charge in [0.15, 0.2) is 0 Å². The summed E-state index contributed by atoms with van der Waals surface area (Å²) in [5.74, 6) is -1.78. The van der Waals surface area contributed by atoms with Gasteiger partial charge in [-0.1, -0.05) is 25.3 Å². The Morgan fingerprint density at radius 1 is 0.667 bits per heavy atom. The maximum absolute atomic E-state index is 11.5. The van der Waals surface area contributed by atoms with Crippen molar-refractivity contribution in [2.75, 3.05) is 0 Å². The van der Waals surface area contributed by atoms with Crippen molar-refractivity contribution in [3.05, 3.63) is 82.5 Å². The largest absolute Gasteiger partial charge is 2.00 e. The van der Waals surface area contributed by atoms with Crippen LogP contribution in [-0.2, 0) is 26.4 Å². The van der Waals surface area contributed by atoms with Gasteiger partial charge in [0.05, 0.1) is 22.8 Å². The van der Waals surface area contributed by atoms with E-state index in [2.05, 4.69) is 29.2 Å². The number of aliphatic carboxylic acids is 2. The van der Waals surface area contributed by atoms with E-state index in [4.69, 9.17) is 9.97 Å². The molecule has 8 bridgehead atoms. The predicted octanol–water partition coefficient (Wildman–Crippen LogP) is 1.81. The molecule has 0 saturated carbocycles. The van der Waals surface area contributed by atoms with Crippen LogP contribution >= 0.6 is 0 Å². The number of hydrogen-bond acceptors (Lipinski definition) is 4. The summed E-state index contributed by atoms with van der Waals surface area (Å²) >= 11 is 0. The number of H-pyrrole nitrogens is 2. The van der Waals surface area contributed by atoms with Gasteiger partial charge in [0.2, 0.25) is 0 Å². The third-order valence-electron chi connectivity index (χ3n) is 8.22. The number of carboxylic acid groups (broad SMARTS) is 2. The third-order valence-corrected chi connectivity index (χ3v) is 8.22. The van der Waals surface area contributed by atoms with Crippen molar-refractivity contribution in [1.82, 2.24) is 19.9 Å². The molecular weight excluding hydrogens is 658 g/mol. The number of aryl methyl sites for hydroxylation is 2. The number of fused-ring (bicyclic) bond motifs is 8. The molecule has 2 aliphatic rings. The Hall–Kier alpha value is -3.89. The fraction of sp³-hybridized carbons (Fsp3) is 0.235. The Balaban J connectivity index is 0.00000235. The summed E-state index contributed by atoms with van der Waals surface area (Å²) in [7, 11) is 0. The van der Waals surface area contributed by atoms with Gasteiger partial charge < -0.3 is 45.0 Å². The molecule has 3 aromatic rings. The van der Waals surface area contributed by atoms with Crippen LogP contribution < -0.4 is 24.8 Å². The molecular formula is C34H34Cl2CoN4O4. The molecule has 45 heavy (non-hydrogen) atoms. The average molecular weight is 693 g/mol. The summed E-state index contributed by atoms with van der Waals surface area (Å²) in [5.41, 5.74) is 13.7. The first kappa shape index (κ1) is 37.3. The van der Waals surface area contributed by atoms with Crippen molar-refractivity contribution in [2.24, 2.45) is 0 Å². The van der Waals surface area contributed by atoms with E-state index in [0.29, 0.717) is 24.2 Å². The quantitative estimate of drug-likeness (QED) is 0.285. The summed E-state index contributed by atoms with van der Waals surface area (Å²) in [6.07, 6.45) is 4.20. The molecule has 4 N–H and O–H groups in total. The fourth-order valence-corrected chi connectivity index (χ4v) is 5.77. The van der Waals surface area contributed by atoms with E-state index in [0.717, 1.165) is 78.0 Å². The van der Waals surface area contributed by atoms with Crippen LogP contribution in [0, 0.1) is 13.8 Å². The third kappa shape index (κ3) is 7.17. The average Bonchev–Trinajstić information content (AvgIpc) is 3.59. The molecule has 5 heterocycles. The van der Waals surface area contributed by atoms with Crippen molar-refractivity contribution in [2.45, 2.75) is 53.4 Å². The molecule has 0 spiro atoms. The van der Waals surface area contributed by atoms with E-state index in [9.17, 15) is 19.8 Å². The van der Waals surface area contributed by atoms with E-state index in [1.165, 1.54) is 0 Å². The molecule has 0 atom stereocenters. The zero-order chi connectivity index (χ0) is 30.3. The molecule has 0 unspecified atom stereocenters. The number of aromatic nitrogens is 4. The number of allylic oxidation sites excluding steroid dienone is 4. The van der Waals surface area contributed by atoms with Gasteiger partial charge in [-0.15, -0.1) is 0 Å². The molecule has 1 radical (unpaired) electrons. The van der Waals surface area contributed by atoms with E-state index in [1.807, 2.05) is 58.0 Å². The Morgan fingerprint density at radius 3 is 1.44 bits per heavy atom. The van der Waals surface area contributed by atoms with Crippen LogP contribution in [0.25, 0.3) is 56.5 Å². The molecule has 0 saturated heterocycles. The van der Waals surface area contributed by atoms with Crippen molar-refractivity contribution in [1.29, 1.82) is 0 Å². The molecule has 2 aliphatic heterocycles. The summed E-state index contributed by atoms with van der Waals surface area (Å²) in [4.78, 5) is 40.0. The van der Waals surface area contributed by atoms with E-state index in [1.54, 1.807) is 0 Å². The van der Waals surface area contributed by atoms with Crippen molar-refractivity contribution < 1.29 is 61.4 Å². The molecule has 0 aromatic carbocycles. The minimum atomic E-state index is -0.889. The molecule has 8 nitrogen and oxygen atoms in total. The minimum Gasteiger partial charge on any atom is -1.00 e. The zero-order valence-electron chi connectivity index (χ0n) is 25.4. The first-order valence-corrected chi connectivity index (χ1v) is 13.9. The second-order valence-corrected chi connectivity index (χ2v) is 10.7. The van der Waals surface area contributed by atoms with Gasteiger partial charge in [-0.25, -0.2) is 9.97 Å². The molecule has 5 rings (SSSR count). The first-order chi connectivity index (χ1) is 20.0. The number of nitrogens with zero attached hydrogens (tertiary/aromatic N) is 2. The van der Waals surface area contributed by atoms with Gasteiger partial charge in [0, 0.05) is 46.0 Å². The van der Waals surface area contributed by atoms with E-state index < -0.39 is 11.9 Å². The SMILES string of the molecule is C=Cc1c(C)c2cc3[nH]c(cc4nc(cc5nc(cc1[nH]2)C(C)=C5CCC(=O)O)C(CCC(=O)O)=C4C)c(C)c3C=C.[Cl-].[Cl-].[Co+2]. The number of hydrogen-bond donors (Lipinski definition) is 4. The predicted molar refractivity (Wildman–Crippen MR) is 169 cm³/mol. The van der Waals surface area contributed by atoms with Crippen molar-refractivity contribution in [3.8, 4) is 0 Å². The molecule has 11 heteroatoms. The second kappa shape index (κ2) is 14.9. The summed E-state index contributed by atoms with van der Waals surface area (Å²) < 4.78 is 0. The maximum Gasteiger partial charge on any atom is 2.00 e. The molecule has 237 valence electrons. The fourth-order valence-electron chi connectivity index (χ4n) is 5.77. The summed E-state index contributed by atoms with van der Waals surface area (Å²) in [6, 6.07) is 7.88. The van der Waals surface area contributed by atoms with Crippen LogP contribution in [0.5, 0.6) is 0 Å². The van der Waals surface area contributed by atoms with Gasteiger partial charge in [-0.2, -0.15) is 0 Å². The Morgan fingerprint density at radius 2 is 1.04 bits per heavy atom. The summed E-state index contributed by atoms with van der Waals surface area (Å²) in [5, 5.41) is 18.9. The minimum absolute atomic E-state index is 0. The van der Waals surface area contributed by atoms with Gasteiger partial charge in [-0.05, 0) is 98.2 Å². The van der Waals surface area contributed by atoms with Gasteiger partial charge >= 0.3 is 28.7 Å². The number of aromatic amines is 2. The van der Waals surface area contributed by atoms with Crippen LogP contribution in [0.2, 0.25) is 0 Å². The number of carbonyl (C=O) groups is 2. The number of rotatable bonds is 8. The van der Waals surface area contributed by atoms with E-state index in [-0.39, 0.29) is 54.4 Å². The Bertz CT molecular complexity index is 1940. The summed E-state index contributed by atoms with van der Waals surface area (Å²) in [6.45, 7) is 16.1. The first-order valence-electron chi connectivity index (χ1n) is 13.9. The van der Waals surface area contributed by atoms with Crippen molar-refractivity contribution in [3.63, 3.8) is 0 Å². The smallest absolute Gasteiger partial charge is 1.00 e. The monoisotopic (exact) mass is 691 g/mol. The Labute approximate surface area is 284 Å². The van der Waals surface area contributed by atoms with Gasteiger partial charge in [-0.3, -0.25) is 9.59 Å². The molecule has 0 aliphatic carbocycles. The zero-order valence-corrected chi connectivity index (χ0v) is 28.0. The van der Waals surface area contributed by atoms with Crippen LogP contribution in [0.1, 0.15) is 84.6 Å². The van der Waals surface area contributed by atoms with E-state index >= 15 is 0 Å². The van der Waals surface area contributed by atoms with Gasteiger partial charge in [0.1, 0.15) is 0 Å². The van der Waals surface area contributed by atoms with Crippen LogP contribution in [0.4, 0.5) is 0 Å². The van der Waals surface area contributed by atoms with Gasteiger partial charge in [0.25, 0.3) is 0 Å². The maximum atomic E-state index is 11.5. The molecule has 3 aromatic heterocycles. The number of nitrogens with one attached hydrogen (secondary N) is 2. The molecule has 0 fully saturated rings. The topological polar surface area (TPSA) is 132 Å². The molecule has 0 amide bonds. The van der Waals surface area contributed by atoms with Crippen molar-refractivity contribution >= 4 is 68.4 Å².